The van der Waals surface area contributed by atoms with Crippen LogP contribution in [0.25, 0.3) is 11.0 Å². The van der Waals surface area contributed by atoms with Crippen molar-refractivity contribution in [1.82, 2.24) is 14.9 Å². The van der Waals surface area contributed by atoms with Crippen molar-refractivity contribution in [2.75, 3.05) is 13.2 Å². The number of hydrogen-bond acceptors (Lipinski definition) is 4. The first-order chi connectivity index (χ1) is 16.5. The summed E-state index contributed by atoms with van der Waals surface area (Å²) in [6, 6.07) is 23.3. The molecule has 1 amide bonds. The maximum absolute atomic E-state index is 12.5. The third-order valence-corrected chi connectivity index (χ3v) is 5.55. The Morgan fingerprint density at radius 2 is 1.65 bits per heavy atom. The summed E-state index contributed by atoms with van der Waals surface area (Å²) in [7, 11) is 0. The smallest absolute Gasteiger partial charge is 0.258 e. The number of ether oxygens (including phenoxy) is 2. The summed E-state index contributed by atoms with van der Waals surface area (Å²) in [6.07, 6.45) is 0.818. The second-order valence-corrected chi connectivity index (χ2v) is 8.53. The predicted molar refractivity (Wildman–Crippen MR) is 134 cm³/mol. The molecule has 0 radical (unpaired) electrons. The Hall–Kier alpha value is -3.80. The van der Waals surface area contributed by atoms with E-state index in [0.29, 0.717) is 12.4 Å². The molecule has 0 saturated carbocycles. The Bertz CT molecular complexity index is 1230. The fraction of sp³-hybridized carbons (Fsp3) is 0.286. The van der Waals surface area contributed by atoms with Crippen molar-refractivity contribution in [3.63, 3.8) is 0 Å². The maximum Gasteiger partial charge on any atom is 0.258 e. The van der Waals surface area contributed by atoms with Gasteiger partial charge in [-0.25, -0.2) is 4.98 Å². The number of para-hydroxylation sites is 3. The molecule has 0 bridgehead atoms. The average Bonchev–Trinajstić information content (AvgIpc) is 3.19. The van der Waals surface area contributed by atoms with Crippen molar-refractivity contribution in [3.8, 4) is 11.5 Å². The van der Waals surface area contributed by atoms with Crippen LogP contribution in [0.5, 0.6) is 11.5 Å². The van der Waals surface area contributed by atoms with E-state index in [-0.39, 0.29) is 18.6 Å². The van der Waals surface area contributed by atoms with Crippen molar-refractivity contribution in [2.45, 2.75) is 39.8 Å². The molecule has 1 N–H and O–H groups in total. The SMILES string of the molecule is Cc1cc(C)cc(OCCCn2c(C(C)NC(=O)COc3ccccc3)nc3ccccc32)c1. The second kappa shape index (κ2) is 10.9. The Labute approximate surface area is 200 Å². The number of imidazole rings is 1. The molecule has 1 aromatic heterocycles. The van der Waals surface area contributed by atoms with Gasteiger partial charge in [-0.1, -0.05) is 36.4 Å². The minimum atomic E-state index is -0.264. The van der Waals surface area contributed by atoms with Crippen molar-refractivity contribution in [1.29, 1.82) is 0 Å². The van der Waals surface area contributed by atoms with Gasteiger partial charge < -0.3 is 19.4 Å². The largest absolute Gasteiger partial charge is 0.494 e. The van der Waals surface area contributed by atoms with Gasteiger partial charge in [0.2, 0.25) is 0 Å². The Morgan fingerprint density at radius 3 is 2.41 bits per heavy atom. The molecule has 0 spiro atoms. The lowest BCUT2D eigenvalue weighted by Gasteiger charge is -2.17. The molecule has 0 aliphatic heterocycles. The summed E-state index contributed by atoms with van der Waals surface area (Å²) in [5, 5.41) is 3.02. The van der Waals surface area contributed by atoms with Crippen molar-refractivity contribution >= 4 is 16.9 Å². The highest BCUT2D eigenvalue weighted by Gasteiger charge is 2.18. The topological polar surface area (TPSA) is 65.4 Å². The summed E-state index contributed by atoms with van der Waals surface area (Å²) in [6.45, 7) is 7.39. The number of rotatable bonds is 10. The van der Waals surface area contributed by atoms with Gasteiger partial charge in [-0.15, -0.1) is 0 Å². The molecule has 3 aromatic carbocycles. The number of amides is 1. The van der Waals surface area contributed by atoms with Gasteiger partial charge in [0.1, 0.15) is 17.3 Å². The van der Waals surface area contributed by atoms with Crippen LogP contribution in [0.3, 0.4) is 0 Å². The van der Waals surface area contributed by atoms with Crippen LogP contribution < -0.4 is 14.8 Å². The number of aryl methyl sites for hydroxylation is 3. The molecule has 4 rings (SSSR count). The highest BCUT2D eigenvalue weighted by molar-refractivity contribution is 5.79. The van der Waals surface area contributed by atoms with Gasteiger partial charge in [0.15, 0.2) is 6.61 Å². The third-order valence-electron chi connectivity index (χ3n) is 5.55. The van der Waals surface area contributed by atoms with Gasteiger partial charge >= 0.3 is 0 Å². The number of benzene rings is 3. The number of fused-ring (bicyclic) bond motifs is 1. The molecule has 6 nitrogen and oxygen atoms in total. The molecule has 0 saturated heterocycles. The molecular weight excluding hydrogens is 426 g/mol. The summed E-state index contributed by atoms with van der Waals surface area (Å²) in [5.74, 6) is 2.20. The summed E-state index contributed by atoms with van der Waals surface area (Å²) in [5.41, 5.74) is 4.34. The molecule has 34 heavy (non-hydrogen) atoms. The van der Waals surface area contributed by atoms with Gasteiger partial charge in [-0.3, -0.25) is 4.79 Å². The molecule has 4 aromatic rings. The van der Waals surface area contributed by atoms with Crippen LogP contribution in [0.1, 0.15) is 36.3 Å². The highest BCUT2D eigenvalue weighted by Crippen LogP contribution is 2.22. The summed E-state index contributed by atoms with van der Waals surface area (Å²) in [4.78, 5) is 17.3. The van der Waals surface area contributed by atoms with E-state index in [9.17, 15) is 4.79 Å². The normalized spacial score (nSPS) is 11.9. The van der Waals surface area contributed by atoms with Crippen molar-refractivity contribution < 1.29 is 14.3 Å². The lowest BCUT2D eigenvalue weighted by molar-refractivity contribution is -0.123. The minimum absolute atomic E-state index is 0.0433. The fourth-order valence-electron chi connectivity index (χ4n) is 4.10. The molecule has 1 unspecified atom stereocenters. The van der Waals surface area contributed by atoms with Gasteiger partial charge in [0.05, 0.1) is 23.7 Å². The Balaban J connectivity index is 1.40. The molecule has 1 heterocycles. The molecule has 176 valence electrons. The van der Waals surface area contributed by atoms with Crippen LogP contribution in [-0.4, -0.2) is 28.7 Å². The zero-order chi connectivity index (χ0) is 23.9. The molecule has 0 aliphatic carbocycles. The number of carbonyl (C=O) groups is 1. The van der Waals surface area contributed by atoms with E-state index in [1.807, 2.05) is 55.5 Å². The second-order valence-electron chi connectivity index (χ2n) is 8.53. The van der Waals surface area contributed by atoms with Crippen LogP contribution in [0.15, 0.2) is 72.8 Å². The fourth-order valence-corrected chi connectivity index (χ4v) is 4.10. The monoisotopic (exact) mass is 457 g/mol. The number of hydrogen-bond donors (Lipinski definition) is 1. The van der Waals surface area contributed by atoms with E-state index in [1.54, 1.807) is 0 Å². The van der Waals surface area contributed by atoms with Gasteiger partial charge in [0, 0.05) is 6.54 Å². The number of aromatic nitrogens is 2. The first kappa shape index (κ1) is 23.4. The maximum atomic E-state index is 12.5. The van der Waals surface area contributed by atoms with Crippen LogP contribution >= 0.6 is 0 Å². The summed E-state index contributed by atoms with van der Waals surface area (Å²) < 4.78 is 13.7. The van der Waals surface area contributed by atoms with Crippen LogP contribution in [0.4, 0.5) is 0 Å². The lowest BCUT2D eigenvalue weighted by Crippen LogP contribution is -2.32. The lowest BCUT2D eigenvalue weighted by atomic mass is 10.1. The van der Waals surface area contributed by atoms with Crippen LogP contribution in [0, 0.1) is 13.8 Å². The van der Waals surface area contributed by atoms with E-state index in [2.05, 4.69) is 48.0 Å². The van der Waals surface area contributed by atoms with E-state index >= 15 is 0 Å². The van der Waals surface area contributed by atoms with Crippen molar-refractivity contribution in [3.05, 3.63) is 89.7 Å². The Morgan fingerprint density at radius 1 is 0.941 bits per heavy atom. The summed E-state index contributed by atoms with van der Waals surface area (Å²) >= 11 is 0. The van der Waals surface area contributed by atoms with E-state index in [1.165, 1.54) is 11.1 Å². The third kappa shape index (κ3) is 5.95. The van der Waals surface area contributed by atoms with E-state index in [0.717, 1.165) is 35.6 Å². The zero-order valence-electron chi connectivity index (χ0n) is 20.0. The molecule has 6 heteroatoms. The van der Waals surface area contributed by atoms with Crippen LogP contribution in [0.2, 0.25) is 0 Å². The quantitative estimate of drug-likeness (QED) is 0.325. The number of carbonyl (C=O) groups excluding carboxylic acids is 1. The molecule has 0 aliphatic rings. The predicted octanol–water partition coefficient (Wildman–Crippen LogP) is 5.38. The van der Waals surface area contributed by atoms with Crippen molar-refractivity contribution in [2.24, 2.45) is 0 Å². The minimum Gasteiger partial charge on any atom is -0.494 e. The first-order valence-corrected chi connectivity index (χ1v) is 11.6. The van der Waals surface area contributed by atoms with E-state index in [4.69, 9.17) is 14.5 Å². The van der Waals surface area contributed by atoms with E-state index < -0.39 is 0 Å². The number of nitrogens with one attached hydrogen (secondary N) is 1. The van der Waals surface area contributed by atoms with Crippen LogP contribution in [-0.2, 0) is 11.3 Å². The highest BCUT2D eigenvalue weighted by atomic mass is 16.5. The zero-order valence-corrected chi connectivity index (χ0v) is 20.0. The molecule has 1 atom stereocenters. The van der Waals surface area contributed by atoms with Gasteiger partial charge in [-0.2, -0.15) is 0 Å². The standard InChI is InChI=1S/C28H31N3O3/c1-20-16-21(2)18-24(17-20)33-15-9-14-31-26-13-8-7-12-25(26)30-28(31)22(3)29-27(32)19-34-23-10-5-4-6-11-23/h4-8,10-13,16-18,22H,9,14-15,19H2,1-3H3,(H,29,32). The molecule has 0 fully saturated rings. The van der Waals surface area contributed by atoms with Gasteiger partial charge in [0.25, 0.3) is 5.91 Å². The van der Waals surface area contributed by atoms with Gasteiger partial charge in [-0.05, 0) is 74.7 Å². The molecular formula is C28H31N3O3. The average molecular weight is 458 g/mol. The first-order valence-electron chi connectivity index (χ1n) is 11.6. The number of nitrogens with zero attached hydrogens (tertiary/aromatic N) is 2. The Kier molecular flexibility index (Phi) is 7.48.